The first kappa shape index (κ1) is 16.6. The van der Waals surface area contributed by atoms with Crippen LogP contribution in [0.15, 0.2) is 16.3 Å². The van der Waals surface area contributed by atoms with Crippen molar-refractivity contribution in [2.24, 2.45) is 0 Å². The standard InChI is InChI=1S/C12H17N3O3S2/c1-4-15(5-2)12(16)9(3)14-20(17,18)11-7-6-10(8-13)19-11/h6-7,9,14H,4-5H2,1-3H3. The van der Waals surface area contributed by atoms with E-state index in [-0.39, 0.29) is 10.1 Å². The summed E-state index contributed by atoms with van der Waals surface area (Å²) in [6.45, 7) is 6.23. The highest BCUT2D eigenvalue weighted by Crippen LogP contribution is 2.20. The minimum atomic E-state index is -3.77. The van der Waals surface area contributed by atoms with Crippen LogP contribution in [0, 0.1) is 11.3 Å². The number of carbonyl (C=O) groups excluding carboxylic acids is 1. The third-order valence-corrected chi connectivity index (χ3v) is 5.76. The fourth-order valence-corrected chi connectivity index (χ4v) is 3.99. The first-order valence-electron chi connectivity index (χ1n) is 6.16. The van der Waals surface area contributed by atoms with Crippen molar-refractivity contribution < 1.29 is 13.2 Å². The molecule has 0 aliphatic carbocycles. The summed E-state index contributed by atoms with van der Waals surface area (Å²) in [4.78, 5) is 13.9. The summed E-state index contributed by atoms with van der Waals surface area (Å²) in [7, 11) is -3.77. The molecule has 1 atom stereocenters. The molecule has 0 aromatic carbocycles. The fourth-order valence-electron chi connectivity index (χ4n) is 1.68. The second-order valence-corrected chi connectivity index (χ2v) is 7.11. The maximum atomic E-state index is 12.1. The van der Waals surface area contributed by atoms with E-state index in [2.05, 4.69) is 4.72 Å². The summed E-state index contributed by atoms with van der Waals surface area (Å²) in [6.07, 6.45) is 0. The van der Waals surface area contributed by atoms with Crippen LogP contribution < -0.4 is 4.72 Å². The molecule has 0 fully saturated rings. The Balaban J connectivity index is 2.86. The van der Waals surface area contributed by atoms with E-state index in [1.165, 1.54) is 19.1 Å². The highest BCUT2D eigenvalue weighted by atomic mass is 32.2. The van der Waals surface area contributed by atoms with Crippen molar-refractivity contribution in [3.63, 3.8) is 0 Å². The summed E-state index contributed by atoms with van der Waals surface area (Å²) in [5.41, 5.74) is 0. The van der Waals surface area contributed by atoms with Gasteiger partial charge in [-0.25, -0.2) is 8.42 Å². The van der Waals surface area contributed by atoms with Crippen molar-refractivity contribution >= 4 is 27.3 Å². The lowest BCUT2D eigenvalue weighted by Gasteiger charge is -2.23. The number of amides is 1. The smallest absolute Gasteiger partial charge is 0.250 e. The van der Waals surface area contributed by atoms with Gasteiger partial charge in [0.1, 0.15) is 15.2 Å². The van der Waals surface area contributed by atoms with Crippen LogP contribution in [0.5, 0.6) is 0 Å². The average molecular weight is 315 g/mol. The molecule has 1 unspecified atom stereocenters. The highest BCUT2D eigenvalue weighted by Gasteiger charge is 2.25. The Labute approximate surface area is 123 Å². The third kappa shape index (κ3) is 3.79. The number of thiophene rings is 1. The van der Waals surface area contributed by atoms with Crippen molar-refractivity contribution in [3.8, 4) is 6.07 Å². The average Bonchev–Trinajstić information content (AvgIpc) is 2.89. The van der Waals surface area contributed by atoms with Gasteiger partial charge in [-0.2, -0.15) is 9.98 Å². The van der Waals surface area contributed by atoms with Crippen molar-refractivity contribution in [3.05, 3.63) is 17.0 Å². The fraction of sp³-hybridized carbons (Fsp3) is 0.500. The summed E-state index contributed by atoms with van der Waals surface area (Å²) in [6, 6.07) is 3.84. The molecule has 1 aromatic rings. The van der Waals surface area contributed by atoms with E-state index >= 15 is 0 Å². The molecular weight excluding hydrogens is 298 g/mol. The van der Waals surface area contributed by atoms with Crippen molar-refractivity contribution in [2.75, 3.05) is 13.1 Å². The molecule has 110 valence electrons. The Bertz CT molecular complexity index is 612. The summed E-state index contributed by atoms with van der Waals surface area (Å²) >= 11 is 0.877. The van der Waals surface area contributed by atoms with Crippen molar-refractivity contribution in [1.82, 2.24) is 9.62 Å². The van der Waals surface area contributed by atoms with Gasteiger partial charge in [-0.3, -0.25) is 4.79 Å². The van der Waals surface area contributed by atoms with Crippen LogP contribution in [0.1, 0.15) is 25.6 Å². The molecular formula is C12H17N3O3S2. The number of sulfonamides is 1. The molecule has 6 nitrogen and oxygen atoms in total. The zero-order valence-corrected chi connectivity index (χ0v) is 13.2. The quantitative estimate of drug-likeness (QED) is 0.852. The first-order valence-corrected chi connectivity index (χ1v) is 8.46. The zero-order chi connectivity index (χ0) is 15.3. The third-order valence-electron chi connectivity index (χ3n) is 2.73. The van der Waals surface area contributed by atoms with E-state index in [1.54, 1.807) is 4.90 Å². The van der Waals surface area contributed by atoms with Gasteiger partial charge in [0.05, 0.1) is 6.04 Å². The lowest BCUT2D eigenvalue weighted by molar-refractivity contribution is -0.132. The van der Waals surface area contributed by atoms with E-state index in [1.807, 2.05) is 19.9 Å². The lowest BCUT2D eigenvalue weighted by atomic mass is 10.3. The lowest BCUT2D eigenvalue weighted by Crippen LogP contribution is -2.46. The molecule has 0 aliphatic heterocycles. The highest BCUT2D eigenvalue weighted by molar-refractivity contribution is 7.91. The Kier molecular flexibility index (Phi) is 5.68. The van der Waals surface area contributed by atoms with Crippen LogP contribution in [-0.2, 0) is 14.8 Å². The molecule has 20 heavy (non-hydrogen) atoms. The number of rotatable bonds is 6. The maximum Gasteiger partial charge on any atom is 0.250 e. The van der Waals surface area contributed by atoms with E-state index in [4.69, 9.17) is 5.26 Å². The Hall–Kier alpha value is -1.43. The molecule has 0 aliphatic rings. The summed E-state index contributed by atoms with van der Waals surface area (Å²) in [5, 5.41) is 8.71. The van der Waals surface area contributed by atoms with Gasteiger partial charge in [0.25, 0.3) is 10.0 Å². The molecule has 1 N–H and O–H groups in total. The van der Waals surface area contributed by atoms with E-state index < -0.39 is 16.1 Å². The van der Waals surface area contributed by atoms with Crippen molar-refractivity contribution in [2.45, 2.75) is 31.0 Å². The van der Waals surface area contributed by atoms with Gasteiger partial charge in [-0.05, 0) is 32.9 Å². The topological polar surface area (TPSA) is 90.3 Å². The van der Waals surface area contributed by atoms with Crippen LogP contribution in [0.25, 0.3) is 0 Å². The largest absolute Gasteiger partial charge is 0.342 e. The molecule has 1 aromatic heterocycles. The van der Waals surface area contributed by atoms with Gasteiger partial charge in [0, 0.05) is 13.1 Å². The number of nitriles is 1. The van der Waals surface area contributed by atoms with Crippen LogP contribution in [0.3, 0.4) is 0 Å². The Morgan fingerprint density at radius 3 is 2.50 bits per heavy atom. The zero-order valence-electron chi connectivity index (χ0n) is 11.6. The molecule has 1 amide bonds. The van der Waals surface area contributed by atoms with Crippen molar-refractivity contribution in [1.29, 1.82) is 5.26 Å². The number of likely N-dealkylation sites (N-methyl/N-ethyl adjacent to an activating group) is 1. The first-order chi connectivity index (χ1) is 9.35. The van der Waals surface area contributed by atoms with Gasteiger partial charge in [0.15, 0.2) is 0 Å². The molecule has 8 heteroatoms. The summed E-state index contributed by atoms with van der Waals surface area (Å²) in [5.74, 6) is -0.268. The van der Waals surface area contributed by atoms with Crippen LogP contribution >= 0.6 is 11.3 Å². The summed E-state index contributed by atoms with van der Waals surface area (Å²) < 4.78 is 26.6. The maximum absolute atomic E-state index is 12.1. The Morgan fingerprint density at radius 2 is 2.05 bits per heavy atom. The number of carbonyl (C=O) groups is 1. The minimum absolute atomic E-state index is 0.0354. The molecule has 0 spiro atoms. The molecule has 0 saturated carbocycles. The normalized spacial score (nSPS) is 12.7. The number of nitrogens with one attached hydrogen (secondary N) is 1. The minimum Gasteiger partial charge on any atom is -0.342 e. The van der Waals surface area contributed by atoms with Gasteiger partial charge >= 0.3 is 0 Å². The van der Waals surface area contributed by atoms with Crippen LogP contribution in [0.2, 0.25) is 0 Å². The predicted octanol–water partition coefficient (Wildman–Crippen LogP) is 1.15. The van der Waals surface area contributed by atoms with E-state index in [0.29, 0.717) is 18.0 Å². The van der Waals surface area contributed by atoms with Gasteiger partial charge in [-0.15, -0.1) is 11.3 Å². The molecule has 0 saturated heterocycles. The number of hydrogen-bond acceptors (Lipinski definition) is 5. The SMILES string of the molecule is CCN(CC)C(=O)C(C)NS(=O)(=O)c1ccc(C#N)s1. The van der Waals surface area contributed by atoms with Crippen LogP contribution in [-0.4, -0.2) is 38.4 Å². The Morgan fingerprint density at radius 1 is 1.45 bits per heavy atom. The molecule has 1 rings (SSSR count). The molecule has 0 radical (unpaired) electrons. The van der Waals surface area contributed by atoms with Gasteiger partial charge < -0.3 is 4.90 Å². The van der Waals surface area contributed by atoms with Crippen LogP contribution in [0.4, 0.5) is 0 Å². The monoisotopic (exact) mass is 315 g/mol. The van der Waals surface area contributed by atoms with Gasteiger partial charge in [-0.1, -0.05) is 0 Å². The number of hydrogen-bond donors (Lipinski definition) is 1. The van der Waals surface area contributed by atoms with E-state index in [0.717, 1.165) is 11.3 Å². The number of nitrogens with zero attached hydrogens (tertiary/aromatic N) is 2. The van der Waals surface area contributed by atoms with Gasteiger partial charge in [0.2, 0.25) is 5.91 Å². The van der Waals surface area contributed by atoms with E-state index in [9.17, 15) is 13.2 Å². The predicted molar refractivity (Wildman–Crippen MR) is 76.7 cm³/mol. The second-order valence-electron chi connectivity index (χ2n) is 4.08. The second kappa shape index (κ2) is 6.83. The molecule has 1 heterocycles. The molecule has 0 bridgehead atoms.